The molecule has 2 aromatic carbocycles. The van der Waals surface area contributed by atoms with Gasteiger partial charge in [0, 0.05) is 18.2 Å². The van der Waals surface area contributed by atoms with Crippen molar-refractivity contribution in [3.63, 3.8) is 0 Å². The Morgan fingerprint density at radius 3 is 2.00 bits per heavy atom. The zero-order valence-electron chi connectivity index (χ0n) is 12.6. The first-order valence-electron chi connectivity index (χ1n) is 6.84. The van der Waals surface area contributed by atoms with E-state index in [4.69, 9.17) is 14.2 Å². The summed E-state index contributed by atoms with van der Waals surface area (Å²) < 4.78 is 16.3. The Hall–Kier alpha value is -2.42. The minimum atomic E-state index is -0.0537. The standard InChI is InChI=1S/C18H20O3/c1-14(9-10-15-7-5-4-6-8-15)21-18-12-16(19-2)11-17(13-18)20-3/h4-14H,1-3H3. The van der Waals surface area contributed by atoms with Gasteiger partial charge in [0.2, 0.25) is 0 Å². The third-order valence-corrected chi connectivity index (χ3v) is 3.01. The molecule has 1 atom stereocenters. The minimum absolute atomic E-state index is 0.0537. The molecule has 0 aliphatic rings. The number of hydrogen-bond acceptors (Lipinski definition) is 3. The average molecular weight is 284 g/mol. The van der Waals surface area contributed by atoms with Gasteiger partial charge >= 0.3 is 0 Å². The van der Waals surface area contributed by atoms with Crippen LogP contribution in [0.5, 0.6) is 17.2 Å². The first-order chi connectivity index (χ1) is 10.2. The molecular formula is C18H20O3. The van der Waals surface area contributed by atoms with Crippen molar-refractivity contribution in [1.82, 2.24) is 0 Å². The zero-order valence-corrected chi connectivity index (χ0v) is 12.6. The van der Waals surface area contributed by atoms with Crippen molar-refractivity contribution in [3.05, 3.63) is 60.2 Å². The molecule has 21 heavy (non-hydrogen) atoms. The maximum Gasteiger partial charge on any atom is 0.127 e. The fourth-order valence-electron chi connectivity index (χ4n) is 1.91. The van der Waals surface area contributed by atoms with E-state index in [0.717, 1.165) is 11.3 Å². The summed E-state index contributed by atoms with van der Waals surface area (Å²) in [5.41, 5.74) is 1.15. The first-order valence-corrected chi connectivity index (χ1v) is 6.84. The molecule has 0 aliphatic heterocycles. The molecule has 0 aromatic heterocycles. The number of methoxy groups -OCH3 is 2. The van der Waals surface area contributed by atoms with Crippen LogP contribution in [-0.4, -0.2) is 20.3 Å². The molecule has 0 spiro atoms. The van der Waals surface area contributed by atoms with E-state index < -0.39 is 0 Å². The van der Waals surface area contributed by atoms with Gasteiger partial charge in [-0.05, 0) is 18.6 Å². The largest absolute Gasteiger partial charge is 0.496 e. The lowest BCUT2D eigenvalue weighted by Gasteiger charge is -2.13. The van der Waals surface area contributed by atoms with Crippen molar-refractivity contribution >= 4 is 6.08 Å². The second-order valence-electron chi connectivity index (χ2n) is 4.64. The highest BCUT2D eigenvalue weighted by Gasteiger charge is 2.05. The Bertz CT molecular complexity index is 568. The van der Waals surface area contributed by atoms with Crippen LogP contribution in [0.2, 0.25) is 0 Å². The van der Waals surface area contributed by atoms with Crippen LogP contribution in [0, 0.1) is 0 Å². The van der Waals surface area contributed by atoms with E-state index >= 15 is 0 Å². The number of hydrogen-bond donors (Lipinski definition) is 0. The van der Waals surface area contributed by atoms with Gasteiger partial charge in [-0.3, -0.25) is 0 Å². The fourth-order valence-corrected chi connectivity index (χ4v) is 1.91. The summed E-state index contributed by atoms with van der Waals surface area (Å²) in [7, 11) is 3.24. The highest BCUT2D eigenvalue weighted by molar-refractivity contribution is 5.49. The van der Waals surface area contributed by atoms with E-state index in [9.17, 15) is 0 Å². The molecule has 0 bridgehead atoms. The summed E-state index contributed by atoms with van der Waals surface area (Å²) in [6.45, 7) is 1.99. The van der Waals surface area contributed by atoms with Gasteiger partial charge in [-0.25, -0.2) is 0 Å². The van der Waals surface area contributed by atoms with Crippen molar-refractivity contribution < 1.29 is 14.2 Å². The quantitative estimate of drug-likeness (QED) is 0.796. The van der Waals surface area contributed by atoms with Gasteiger partial charge in [-0.1, -0.05) is 36.4 Å². The molecule has 3 nitrogen and oxygen atoms in total. The predicted molar refractivity (Wildman–Crippen MR) is 85.1 cm³/mol. The van der Waals surface area contributed by atoms with E-state index in [1.165, 1.54) is 0 Å². The topological polar surface area (TPSA) is 27.7 Å². The number of ether oxygens (including phenoxy) is 3. The van der Waals surface area contributed by atoms with Crippen LogP contribution in [0.1, 0.15) is 12.5 Å². The van der Waals surface area contributed by atoms with Crippen molar-refractivity contribution in [2.24, 2.45) is 0 Å². The molecule has 0 saturated carbocycles. The molecule has 0 aliphatic carbocycles. The SMILES string of the molecule is COc1cc(OC)cc(OC(C)C=Cc2ccccc2)c1. The molecule has 0 N–H and O–H groups in total. The van der Waals surface area contributed by atoms with Gasteiger partial charge in [-0.2, -0.15) is 0 Å². The summed E-state index contributed by atoms with van der Waals surface area (Å²) in [6.07, 6.45) is 4.01. The Balaban J connectivity index is 2.05. The summed E-state index contributed by atoms with van der Waals surface area (Å²) in [5.74, 6) is 2.14. The van der Waals surface area contributed by atoms with Crippen LogP contribution < -0.4 is 14.2 Å². The van der Waals surface area contributed by atoms with E-state index in [1.807, 2.05) is 55.5 Å². The highest BCUT2D eigenvalue weighted by atomic mass is 16.5. The van der Waals surface area contributed by atoms with E-state index in [2.05, 4.69) is 12.1 Å². The smallest absolute Gasteiger partial charge is 0.127 e. The number of rotatable bonds is 6. The van der Waals surface area contributed by atoms with Gasteiger partial charge in [0.05, 0.1) is 14.2 Å². The molecular weight excluding hydrogens is 264 g/mol. The third kappa shape index (κ3) is 4.56. The highest BCUT2D eigenvalue weighted by Crippen LogP contribution is 2.28. The van der Waals surface area contributed by atoms with Crippen LogP contribution in [0.3, 0.4) is 0 Å². The van der Waals surface area contributed by atoms with Gasteiger partial charge in [0.25, 0.3) is 0 Å². The van der Waals surface area contributed by atoms with Gasteiger partial charge < -0.3 is 14.2 Å². The van der Waals surface area contributed by atoms with Crippen LogP contribution in [0.25, 0.3) is 6.08 Å². The lowest BCUT2D eigenvalue weighted by Crippen LogP contribution is -2.08. The van der Waals surface area contributed by atoms with Crippen LogP contribution in [0.4, 0.5) is 0 Å². The summed E-state index contributed by atoms with van der Waals surface area (Å²) in [6, 6.07) is 15.6. The lowest BCUT2D eigenvalue weighted by molar-refractivity contribution is 0.267. The molecule has 1 unspecified atom stereocenters. The van der Waals surface area contributed by atoms with E-state index in [0.29, 0.717) is 11.5 Å². The van der Waals surface area contributed by atoms with Crippen molar-refractivity contribution in [2.75, 3.05) is 14.2 Å². The van der Waals surface area contributed by atoms with Gasteiger partial charge in [0.15, 0.2) is 0 Å². The Morgan fingerprint density at radius 1 is 0.857 bits per heavy atom. The molecule has 0 saturated heterocycles. The summed E-state index contributed by atoms with van der Waals surface area (Å²) >= 11 is 0. The molecule has 3 heteroatoms. The predicted octanol–water partition coefficient (Wildman–Crippen LogP) is 4.18. The normalized spacial score (nSPS) is 12.1. The Morgan fingerprint density at radius 2 is 1.43 bits per heavy atom. The van der Waals surface area contributed by atoms with Crippen LogP contribution >= 0.6 is 0 Å². The van der Waals surface area contributed by atoms with Crippen LogP contribution in [-0.2, 0) is 0 Å². The third-order valence-electron chi connectivity index (χ3n) is 3.01. The second-order valence-corrected chi connectivity index (χ2v) is 4.64. The van der Waals surface area contributed by atoms with Crippen molar-refractivity contribution in [3.8, 4) is 17.2 Å². The molecule has 0 heterocycles. The maximum absolute atomic E-state index is 5.87. The Labute approximate surface area is 125 Å². The average Bonchev–Trinajstić information content (AvgIpc) is 2.53. The zero-order chi connectivity index (χ0) is 15.1. The molecule has 0 radical (unpaired) electrons. The molecule has 2 aromatic rings. The minimum Gasteiger partial charge on any atom is -0.496 e. The second kappa shape index (κ2) is 7.39. The summed E-state index contributed by atoms with van der Waals surface area (Å²) in [4.78, 5) is 0. The van der Waals surface area contributed by atoms with Gasteiger partial charge in [-0.15, -0.1) is 0 Å². The number of benzene rings is 2. The van der Waals surface area contributed by atoms with Crippen molar-refractivity contribution in [2.45, 2.75) is 13.0 Å². The van der Waals surface area contributed by atoms with E-state index in [-0.39, 0.29) is 6.10 Å². The fraction of sp³-hybridized carbons (Fsp3) is 0.222. The maximum atomic E-state index is 5.87. The van der Waals surface area contributed by atoms with E-state index in [1.54, 1.807) is 14.2 Å². The van der Waals surface area contributed by atoms with Gasteiger partial charge in [0.1, 0.15) is 23.4 Å². The summed E-state index contributed by atoms with van der Waals surface area (Å²) in [5, 5.41) is 0. The first kappa shape index (κ1) is 15.0. The van der Waals surface area contributed by atoms with Crippen molar-refractivity contribution in [1.29, 1.82) is 0 Å². The lowest BCUT2D eigenvalue weighted by atomic mass is 10.2. The molecule has 110 valence electrons. The molecule has 0 fully saturated rings. The monoisotopic (exact) mass is 284 g/mol. The Kier molecular flexibility index (Phi) is 5.27. The molecule has 0 amide bonds. The molecule has 2 rings (SSSR count). The van der Waals surface area contributed by atoms with Crippen LogP contribution in [0.15, 0.2) is 54.6 Å².